The molecule has 1 amide bonds. The van der Waals surface area contributed by atoms with Crippen LogP contribution in [0.2, 0.25) is 0 Å². The smallest absolute Gasteiger partial charge is 0.284 e. The zero-order chi connectivity index (χ0) is 23.7. The molecule has 0 radical (unpaired) electrons. The molecule has 0 atom stereocenters. The molecular formula is C23H28F2N6O3. The second-order valence-corrected chi connectivity index (χ2v) is 9.09. The van der Waals surface area contributed by atoms with Crippen molar-refractivity contribution in [3.63, 3.8) is 0 Å². The lowest BCUT2D eigenvalue weighted by Gasteiger charge is -2.27. The number of fused-ring (bicyclic) bond motifs is 1. The third-order valence-electron chi connectivity index (χ3n) is 6.94. The molecule has 34 heavy (non-hydrogen) atoms. The molecule has 2 aliphatic rings. The Labute approximate surface area is 195 Å². The van der Waals surface area contributed by atoms with E-state index in [1.165, 1.54) is 21.6 Å². The molecule has 0 spiro atoms. The Hall–Kier alpha value is -2.92. The number of aliphatic hydroxyl groups is 1. The Balaban J connectivity index is 1.38. The number of halogens is 2. The largest absolute Gasteiger partial charge is 0.396 e. The lowest BCUT2D eigenvalue weighted by molar-refractivity contribution is 0.0845. The van der Waals surface area contributed by atoms with Crippen LogP contribution in [0.25, 0.3) is 5.65 Å². The highest BCUT2D eigenvalue weighted by molar-refractivity contribution is 6.08. The number of nitrogens with one attached hydrogen (secondary N) is 1. The average molecular weight is 475 g/mol. The summed E-state index contributed by atoms with van der Waals surface area (Å²) in [6, 6.07) is 1.86. The van der Waals surface area contributed by atoms with E-state index in [9.17, 15) is 18.7 Å². The first-order valence-corrected chi connectivity index (χ1v) is 11.7. The molecule has 0 aromatic carbocycles. The summed E-state index contributed by atoms with van der Waals surface area (Å²) >= 11 is 0. The number of carbonyl (C=O) groups excluding carboxylic acids is 1. The van der Waals surface area contributed by atoms with Gasteiger partial charge >= 0.3 is 0 Å². The van der Waals surface area contributed by atoms with Gasteiger partial charge in [-0.05, 0) is 50.5 Å². The first kappa shape index (κ1) is 22.9. The fraction of sp³-hybridized carbons (Fsp3) is 0.565. The molecule has 182 valence electrons. The Morgan fingerprint density at radius 3 is 2.68 bits per heavy atom. The normalized spacial score (nSPS) is 21.9. The summed E-state index contributed by atoms with van der Waals surface area (Å²) in [6.45, 7) is 1.48. The van der Waals surface area contributed by atoms with Crippen LogP contribution in [0.4, 0.5) is 14.5 Å². The van der Waals surface area contributed by atoms with Crippen molar-refractivity contribution in [2.24, 2.45) is 5.92 Å². The van der Waals surface area contributed by atoms with E-state index < -0.39 is 18.0 Å². The monoisotopic (exact) mass is 474 g/mol. The van der Waals surface area contributed by atoms with Crippen molar-refractivity contribution in [1.29, 1.82) is 0 Å². The van der Waals surface area contributed by atoms with Gasteiger partial charge in [-0.3, -0.25) is 9.48 Å². The Kier molecular flexibility index (Phi) is 6.55. The number of amides is 1. The molecular weight excluding hydrogens is 446 g/mol. The summed E-state index contributed by atoms with van der Waals surface area (Å²) in [5.41, 5.74) is 0.999. The maximum Gasteiger partial charge on any atom is 0.284 e. The van der Waals surface area contributed by atoms with E-state index in [1.807, 2.05) is 6.07 Å². The van der Waals surface area contributed by atoms with Gasteiger partial charge in [0.2, 0.25) is 0 Å². The molecule has 11 heteroatoms. The van der Waals surface area contributed by atoms with Crippen LogP contribution in [-0.4, -0.2) is 55.2 Å². The van der Waals surface area contributed by atoms with Gasteiger partial charge in [0.05, 0.1) is 17.9 Å². The molecule has 9 nitrogen and oxygen atoms in total. The zero-order valence-electron chi connectivity index (χ0n) is 18.7. The molecule has 3 aromatic heterocycles. The predicted molar refractivity (Wildman–Crippen MR) is 119 cm³/mol. The van der Waals surface area contributed by atoms with Gasteiger partial charge in [-0.15, -0.1) is 0 Å². The van der Waals surface area contributed by atoms with Gasteiger partial charge in [-0.2, -0.15) is 10.2 Å². The van der Waals surface area contributed by atoms with Crippen molar-refractivity contribution in [3.05, 3.63) is 41.6 Å². The summed E-state index contributed by atoms with van der Waals surface area (Å²) in [4.78, 5) is 17.8. The number of hydrogen-bond donors (Lipinski definition) is 2. The number of nitrogens with zero attached hydrogens (tertiary/aromatic N) is 5. The number of anilines is 1. The summed E-state index contributed by atoms with van der Waals surface area (Å²) in [6.07, 6.45) is 6.65. The van der Waals surface area contributed by atoms with E-state index in [2.05, 4.69) is 20.5 Å². The standard InChI is InChI=1S/C23H28F2N6O3/c24-21(25)20-19(12-31(29-20)16-3-1-14(13-32)2-4-16)28-23(33)17-11-26-30-8-5-18(27-22(17)30)15-6-9-34-10-7-15/h5,8,11-12,14-16,21,32H,1-4,6-7,9-10,13H2,(H,28,33). The maximum atomic E-state index is 13.7. The first-order valence-electron chi connectivity index (χ1n) is 11.7. The van der Waals surface area contributed by atoms with E-state index in [0.29, 0.717) is 18.9 Å². The van der Waals surface area contributed by atoms with Crippen molar-refractivity contribution in [2.45, 2.75) is 56.9 Å². The predicted octanol–water partition coefficient (Wildman–Crippen LogP) is 3.73. The van der Waals surface area contributed by atoms with Crippen LogP contribution in [0, 0.1) is 5.92 Å². The number of hydrogen-bond acceptors (Lipinski definition) is 6. The molecule has 0 bridgehead atoms. The third kappa shape index (κ3) is 4.54. The Bertz CT molecular complexity index is 1150. The van der Waals surface area contributed by atoms with Crippen molar-refractivity contribution in [2.75, 3.05) is 25.1 Å². The van der Waals surface area contributed by atoms with Crippen molar-refractivity contribution in [3.8, 4) is 0 Å². The van der Waals surface area contributed by atoms with Crippen molar-refractivity contribution in [1.82, 2.24) is 24.4 Å². The van der Waals surface area contributed by atoms with E-state index in [-0.39, 0.29) is 35.7 Å². The van der Waals surface area contributed by atoms with E-state index >= 15 is 0 Å². The molecule has 0 unspecified atom stereocenters. The lowest BCUT2D eigenvalue weighted by Crippen LogP contribution is -2.20. The molecule has 4 heterocycles. The van der Waals surface area contributed by atoms with Crippen molar-refractivity contribution >= 4 is 17.2 Å². The molecule has 5 rings (SSSR count). The van der Waals surface area contributed by atoms with E-state index in [1.54, 1.807) is 6.20 Å². The summed E-state index contributed by atoms with van der Waals surface area (Å²) in [7, 11) is 0. The molecule has 1 aliphatic carbocycles. The minimum Gasteiger partial charge on any atom is -0.396 e. The Morgan fingerprint density at radius 2 is 1.97 bits per heavy atom. The van der Waals surface area contributed by atoms with Crippen LogP contribution in [0.15, 0.2) is 24.7 Å². The van der Waals surface area contributed by atoms with Gasteiger partial charge in [0.1, 0.15) is 5.56 Å². The first-order chi connectivity index (χ1) is 16.5. The zero-order valence-corrected chi connectivity index (χ0v) is 18.7. The summed E-state index contributed by atoms with van der Waals surface area (Å²) in [5, 5.41) is 20.2. The second kappa shape index (κ2) is 9.75. The van der Waals surface area contributed by atoms with Crippen LogP contribution in [0.1, 0.15) is 78.7 Å². The molecule has 3 aromatic rings. The van der Waals surface area contributed by atoms with Gasteiger partial charge in [-0.25, -0.2) is 18.3 Å². The van der Waals surface area contributed by atoms with Crippen LogP contribution in [0.5, 0.6) is 0 Å². The maximum absolute atomic E-state index is 13.7. The fourth-order valence-corrected chi connectivity index (χ4v) is 4.90. The van der Waals surface area contributed by atoms with Gasteiger partial charge in [0, 0.05) is 43.8 Å². The number of carbonyl (C=O) groups is 1. The molecule has 2 N–H and O–H groups in total. The SMILES string of the molecule is O=C(Nc1cn(C2CCC(CO)CC2)nc1C(F)F)c1cnn2ccc(C3CCOCC3)nc12. The molecule has 1 aliphatic heterocycles. The van der Waals surface area contributed by atoms with Crippen LogP contribution in [0.3, 0.4) is 0 Å². The minimum atomic E-state index is -2.83. The van der Waals surface area contributed by atoms with Crippen molar-refractivity contribution < 1.29 is 23.4 Å². The van der Waals surface area contributed by atoms with Gasteiger partial charge in [0.25, 0.3) is 12.3 Å². The fourth-order valence-electron chi connectivity index (χ4n) is 4.90. The molecule has 1 saturated heterocycles. The summed E-state index contributed by atoms with van der Waals surface area (Å²) < 4.78 is 35.9. The quantitative estimate of drug-likeness (QED) is 0.564. The third-order valence-corrected chi connectivity index (χ3v) is 6.94. The van der Waals surface area contributed by atoms with Gasteiger partial charge < -0.3 is 15.2 Å². The highest BCUT2D eigenvalue weighted by Gasteiger charge is 2.27. The molecule has 2 fully saturated rings. The van der Waals surface area contributed by atoms with E-state index in [0.717, 1.165) is 44.2 Å². The van der Waals surface area contributed by atoms with Crippen LogP contribution < -0.4 is 5.32 Å². The number of rotatable bonds is 6. The van der Waals surface area contributed by atoms with Crippen LogP contribution in [-0.2, 0) is 4.74 Å². The van der Waals surface area contributed by atoms with Gasteiger partial charge in [-0.1, -0.05) is 0 Å². The van der Waals surface area contributed by atoms with E-state index in [4.69, 9.17) is 4.74 Å². The van der Waals surface area contributed by atoms with Gasteiger partial charge in [0.15, 0.2) is 11.3 Å². The Morgan fingerprint density at radius 1 is 1.21 bits per heavy atom. The lowest BCUT2D eigenvalue weighted by atomic mass is 9.87. The second-order valence-electron chi connectivity index (χ2n) is 9.09. The molecule has 1 saturated carbocycles. The highest BCUT2D eigenvalue weighted by atomic mass is 19.3. The average Bonchev–Trinajstić information content (AvgIpc) is 3.49. The van der Waals surface area contributed by atoms with Crippen LogP contribution >= 0.6 is 0 Å². The topological polar surface area (TPSA) is 107 Å². The minimum absolute atomic E-state index is 0.00999. The number of aromatic nitrogens is 5. The summed E-state index contributed by atoms with van der Waals surface area (Å²) in [5.74, 6) is -0.0686. The number of alkyl halides is 2. The number of ether oxygens (including phenoxy) is 1. The highest BCUT2D eigenvalue weighted by Crippen LogP contribution is 2.35. The number of aliphatic hydroxyl groups excluding tert-OH is 1.